The Balaban J connectivity index is 1.75. The minimum atomic E-state index is 0.666. The van der Waals surface area contributed by atoms with Crippen LogP contribution in [0, 0.1) is 12.8 Å². The molecule has 20 heavy (non-hydrogen) atoms. The molecule has 1 saturated heterocycles. The molecule has 0 bridgehead atoms. The van der Waals surface area contributed by atoms with Gasteiger partial charge in [0.05, 0.1) is 0 Å². The SMILES string of the molecule is Cc1cc(Nc2cc(N3CCCC(C)C3)ncn2)no1. The average Bonchev–Trinajstić information content (AvgIpc) is 2.84. The predicted molar refractivity (Wildman–Crippen MR) is 77.2 cm³/mol. The van der Waals surface area contributed by atoms with Gasteiger partial charge in [0.25, 0.3) is 0 Å². The Morgan fingerprint density at radius 2 is 2.20 bits per heavy atom. The first-order valence-electron chi connectivity index (χ1n) is 6.98. The summed E-state index contributed by atoms with van der Waals surface area (Å²) in [5.41, 5.74) is 0. The van der Waals surface area contributed by atoms with Crippen LogP contribution in [0.3, 0.4) is 0 Å². The highest BCUT2D eigenvalue weighted by Gasteiger charge is 2.18. The van der Waals surface area contributed by atoms with Crippen molar-refractivity contribution in [2.24, 2.45) is 5.92 Å². The summed E-state index contributed by atoms with van der Waals surface area (Å²) in [6, 6.07) is 3.80. The number of aromatic nitrogens is 3. The van der Waals surface area contributed by atoms with Crippen molar-refractivity contribution < 1.29 is 4.52 Å². The van der Waals surface area contributed by atoms with Crippen molar-refractivity contribution in [3.8, 4) is 0 Å². The van der Waals surface area contributed by atoms with Crippen molar-refractivity contribution in [1.29, 1.82) is 0 Å². The van der Waals surface area contributed by atoms with E-state index in [-0.39, 0.29) is 0 Å². The molecule has 6 nitrogen and oxygen atoms in total. The first-order chi connectivity index (χ1) is 9.70. The summed E-state index contributed by atoms with van der Waals surface area (Å²) < 4.78 is 5.03. The van der Waals surface area contributed by atoms with E-state index in [1.165, 1.54) is 12.8 Å². The van der Waals surface area contributed by atoms with Crippen molar-refractivity contribution in [3.63, 3.8) is 0 Å². The number of piperidine rings is 1. The maximum absolute atomic E-state index is 5.03. The molecule has 0 spiro atoms. The first-order valence-corrected chi connectivity index (χ1v) is 6.98. The van der Waals surface area contributed by atoms with Crippen molar-refractivity contribution in [3.05, 3.63) is 24.2 Å². The molecular formula is C14H19N5O. The lowest BCUT2D eigenvalue weighted by molar-refractivity contribution is 0.400. The molecule has 1 atom stereocenters. The zero-order chi connectivity index (χ0) is 13.9. The van der Waals surface area contributed by atoms with Crippen molar-refractivity contribution in [1.82, 2.24) is 15.1 Å². The van der Waals surface area contributed by atoms with E-state index in [0.29, 0.717) is 11.7 Å². The number of rotatable bonds is 3. The molecule has 3 rings (SSSR count). The van der Waals surface area contributed by atoms with Crippen LogP contribution in [0.4, 0.5) is 17.5 Å². The highest BCUT2D eigenvalue weighted by molar-refractivity contribution is 5.56. The predicted octanol–water partition coefficient (Wildman–Crippen LogP) is 2.75. The van der Waals surface area contributed by atoms with E-state index in [0.717, 1.165) is 30.5 Å². The molecule has 1 aliphatic rings. The van der Waals surface area contributed by atoms with Crippen LogP contribution >= 0.6 is 0 Å². The second-order valence-corrected chi connectivity index (χ2v) is 5.40. The first kappa shape index (κ1) is 12.9. The van der Waals surface area contributed by atoms with Crippen molar-refractivity contribution >= 4 is 17.5 Å². The molecule has 1 aliphatic heterocycles. The van der Waals surface area contributed by atoms with Crippen molar-refractivity contribution in [2.75, 3.05) is 23.3 Å². The van der Waals surface area contributed by atoms with Crippen LogP contribution in [-0.2, 0) is 0 Å². The number of anilines is 3. The summed E-state index contributed by atoms with van der Waals surface area (Å²) in [5, 5.41) is 7.04. The van der Waals surface area contributed by atoms with Gasteiger partial charge in [-0.25, -0.2) is 9.97 Å². The molecule has 1 fully saturated rings. The highest BCUT2D eigenvalue weighted by atomic mass is 16.5. The van der Waals surface area contributed by atoms with Gasteiger partial charge >= 0.3 is 0 Å². The summed E-state index contributed by atoms with van der Waals surface area (Å²) in [6.07, 6.45) is 4.10. The molecule has 0 amide bonds. The molecule has 0 aliphatic carbocycles. The van der Waals surface area contributed by atoms with Gasteiger partial charge in [0.2, 0.25) is 0 Å². The monoisotopic (exact) mass is 273 g/mol. The van der Waals surface area contributed by atoms with E-state index in [1.54, 1.807) is 6.33 Å². The van der Waals surface area contributed by atoms with Gasteiger partial charge in [-0.1, -0.05) is 12.1 Å². The Morgan fingerprint density at radius 1 is 1.30 bits per heavy atom. The zero-order valence-electron chi connectivity index (χ0n) is 11.8. The lowest BCUT2D eigenvalue weighted by Crippen LogP contribution is -2.34. The number of nitrogens with zero attached hydrogens (tertiary/aromatic N) is 4. The van der Waals surface area contributed by atoms with E-state index in [9.17, 15) is 0 Å². The van der Waals surface area contributed by atoms with Gasteiger partial charge in [0, 0.05) is 25.2 Å². The Morgan fingerprint density at radius 3 is 2.95 bits per heavy atom. The topological polar surface area (TPSA) is 67.1 Å². The molecule has 0 aromatic carbocycles. The minimum Gasteiger partial charge on any atom is -0.360 e. The second kappa shape index (κ2) is 5.48. The van der Waals surface area contributed by atoms with E-state index in [1.807, 2.05) is 19.1 Å². The summed E-state index contributed by atoms with van der Waals surface area (Å²) in [7, 11) is 0. The van der Waals surface area contributed by atoms with Gasteiger partial charge in [-0.15, -0.1) is 0 Å². The maximum atomic E-state index is 5.03. The number of hydrogen-bond acceptors (Lipinski definition) is 6. The number of hydrogen-bond donors (Lipinski definition) is 1. The van der Waals surface area contributed by atoms with E-state index < -0.39 is 0 Å². The normalized spacial score (nSPS) is 19.1. The van der Waals surface area contributed by atoms with Crippen LogP contribution in [0.2, 0.25) is 0 Å². The average molecular weight is 273 g/mol. The second-order valence-electron chi connectivity index (χ2n) is 5.40. The van der Waals surface area contributed by atoms with Crippen LogP contribution in [0.1, 0.15) is 25.5 Å². The molecule has 1 N–H and O–H groups in total. The van der Waals surface area contributed by atoms with E-state index in [4.69, 9.17) is 4.52 Å². The Labute approximate surface area is 118 Å². The van der Waals surface area contributed by atoms with Crippen molar-refractivity contribution in [2.45, 2.75) is 26.7 Å². The van der Waals surface area contributed by atoms with Gasteiger partial charge in [-0.3, -0.25) is 0 Å². The number of aryl methyl sites for hydroxylation is 1. The highest BCUT2D eigenvalue weighted by Crippen LogP contribution is 2.23. The summed E-state index contributed by atoms with van der Waals surface area (Å²) in [5.74, 6) is 3.86. The minimum absolute atomic E-state index is 0.666. The summed E-state index contributed by atoms with van der Waals surface area (Å²) in [4.78, 5) is 10.9. The fourth-order valence-corrected chi connectivity index (χ4v) is 2.54. The van der Waals surface area contributed by atoms with Gasteiger partial charge < -0.3 is 14.7 Å². The lowest BCUT2D eigenvalue weighted by Gasteiger charge is -2.31. The van der Waals surface area contributed by atoms with Gasteiger partial charge in [-0.2, -0.15) is 0 Å². The standard InChI is InChI=1S/C14H19N5O/c1-10-4-3-5-19(8-10)14-7-12(15-9-16-14)17-13-6-11(2)20-18-13/h6-7,9-10H,3-5,8H2,1-2H3,(H,15,16,17,18). The Bertz CT molecular complexity index is 582. The van der Waals surface area contributed by atoms with Gasteiger partial charge in [0.1, 0.15) is 23.7 Å². The molecule has 106 valence electrons. The maximum Gasteiger partial charge on any atom is 0.175 e. The molecule has 2 aromatic heterocycles. The fourth-order valence-electron chi connectivity index (χ4n) is 2.54. The molecule has 6 heteroatoms. The molecule has 0 saturated carbocycles. The van der Waals surface area contributed by atoms with Gasteiger partial charge in [0.15, 0.2) is 5.82 Å². The molecule has 1 unspecified atom stereocenters. The smallest absolute Gasteiger partial charge is 0.175 e. The summed E-state index contributed by atoms with van der Waals surface area (Å²) in [6.45, 7) is 6.26. The molecule has 0 radical (unpaired) electrons. The zero-order valence-corrected chi connectivity index (χ0v) is 11.8. The number of nitrogens with one attached hydrogen (secondary N) is 1. The molecular weight excluding hydrogens is 254 g/mol. The van der Waals surface area contributed by atoms with Gasteiger partial charge in [-0.05, 0) is 25.7 Å². The van der Waals surface area contributed by atoms with Crippen LogP contribution in [-0.4, -0.2) is 28.2 Å². The Hall–Kier alpha value is -2.11. The Kier molecular flexibility index (Phi) is 3.54. The third-order valence-electron chi connectivity index (χ3n) is 3.52. The fraction of sp³-hybridized carbons (Fsp3) is 0.500. The third kappa shape index (κ3) is 2.89. The van der Waals surface area contributed by atoms with Crippen LogP contribution in [0.5, 0.6) is 0 Å². The molecule has 3 heterocycles. The largest absolute Gasteiger partial charge is 0.360 e. The van der Waals surface area contributed by atoms with E-state index >= 15 is 0 Å². The molecule has 2 aromatic rings. The van der Waals surface area contributed by atoms with Crippen LogP contribution in [0.15, 0.2) is 23.0 Å². The lowest BCUT2D eigenvalue weighted by atomic mass is 10.0. The summed E-state index contributed by atoms with van der Waals surface area (Å²) >= 11 is 0. The van der Waals surface area contributed by atoms with Crippen LogP contribution < -0.4 is 10.2 Å². The third-order valence-corrected chi connectivity index (χ3v) is 3.52. The van der Waals surface area contributed by atoms with E-state index in [2.05, 4.69) is 32.3 Å². The van der Waals surface area contributed by atoms with Crippen LogP contribution in [0.25, 0.3) is 0 Å². The quantitative estimate of drug-likeness (QED) is 0.927.